The molecule has 2 rings (SSSR count). The summed E-state index contributed by atoms with van der Waals surface area (Å²) in [5.41, 5.74) is -0.493. The van der Waals surface area contributed by atoms with Crippen molar-refractivity contribution in [1.29, 1.82) is 0 Å². The minimum Gasteiger partial charge on any atom is -0.258 e. The Labute approximate surface area is 120 Å². The second-order valence-electron chi connectivity index (χ2n) is 3.31. The van der Waals surface area contributed by atoms with E-state index in [1.165, 1.54) is 18.3 Å². The van der Waals surface area contributed by atoms with E-state index in [1.807, 2.05) is 0 Å². The second kappa shape index (κ2) is 5.23. The fourth-order valence-corrected chi connectivity index (χ4v) is 3.80. The zero-order valence-electron chi connectivity index (χ0n) is 9.11. The number of nitro groups is 1. The molecule has 19 heavy (non-hydrogen) atoms. The van der Waals surface area contributed by atoms with Gasteiger partial charge in [0.1, 0.15) is 0 Å². The third-order valence-corrected chi connectivity index (χ3v) is 4.74. The maximum absolute atomic E-state index is 12.1. The van der Waals surface area contributed by atoms with Crippen molar-refractivity contribution < 1.29 is 13.3 Å². The van der Waals surface area contributed by atoms with E-state index in [0.717, 1.165) is 17.4 Å². The van der Waals surface area contributed by atoms with Crippen molar-refractivity contribution in [3.63, 3.8) is 0 Å². The van der Waals surface area contributed by atoms with Gasteiger partial charge in [-0.3, -0.25) is 14.8 Å². The van der Waals surface area contributed by atoms with Crippen LogP contribution in [0.15, 0.2) is 39.1 Å². The van der Waals surface area contributed by atoms with Gasteiger partial charge >= 0.3 is 0 Å². The van der Waals surface area contributed by atoms with Gasteiger partial charge in [0.2, 0.25) is 0 Å². The van der Waals surface area contributed by atoms with Gasteiger partial charge in [-0.15, -0.1) is 11.3 Å². The highest BCUT2D eigenvalue weighted by Gasteiger charge is 2.26. The molecule has 0 spiro atoms. The van der Waals surface area contributed by atoms with Crippen LogP contribution in [0.5, 0.6) is 0 Å². The minimum atomic E-state index is -4.06. The Kier molecular flexibility index (Phi) is 3.83. The molecular weight excluding hydrogens is 358 g/mol. The predicted octanol–water partition coefficient (Wildman–Crippen LogP) is 2.61. The van der Waals surface area contributed by atoms with Gasteiger partial charge in [-0.1, -0.05) is 15.9 Å². The molecule has 2 aromatic rings. The van der Waals surface area contributed by atoms with Crippen LogP contribution < -0.4 is 4.72 Å². The van der Waals surface area contributed by atoms with Crippen molar-refractivity contribution in [3.8, 4) is 0 Å². The molecule has 0 amide bonds. The molecule has 0 aliphatic heterocycles. The van der Waals surface area contributed by atoms with Crippen LogP contribution in [0.25, 0.3) is 0 Å². The maximum Gasteiger partial charge on any atom is 0.289 e. The molecule has 0 saturated carbocycles. The number of rotatable bonds is 4. The van der Waals surface area contributed by atoms with Crippen LogP contribution in [-0.4, -0.2) is 18.3 Å². The van der Waals surface area contributed by atoms with E-state index in [0.29, 0.717) is 4.47 Å². The van der Waals surface area contributed by atoms with E-state index in [1.54, 1.807) is 5.38 Å². The Morgan fingerprint density at radius 3 is 2.74 bits per heavy atom. The zero-order chi connectivity index (χ0) is 14.0. The zero-order valence-corrected chi connectivity index (χ0v) is 12.3. The topological polar surface area (TPSA) is 102 Å². The fraction of sp³-hybridized carbons (Fsp3) is 0. The summed E-state index contributed by atoms with van der Waals surface area (Å²) in [6, 6.07) is 3.70. The number of nitrogens with one attached hydrogen (secondary N) is 1. The highest BCUT2D eigenvalue weighted by Crippen LogP contribution is 2.29. The molecule has 0 unspecified atom stereocenters. The molecule has 100 valence electrons. The van der Waals surface area contributed by atoms with Crippen molar-refractivity contribution in [1.82, 2.24) is 4.98 Å². The number of benzene rings is 1. The highest BCUT2D eigenvalue weighted by molar-refractivity contribution is 9.10. The summed E-state index contributed by atoms with van der Waals surface area (Å²) in [4.78, 5) is 13.5. The van der Waals surface area contributed by atoms with Crippen LogP contribution in [0, 0.1) is 10.1 Å². The molecule has 7 nitrogen and oxygen atoms in total. The maximum atomic E-state index is 12.1. The molecule has 0 radical (unpaired) electrons. The van der Waals surface area contributed by atoms with Crippen molar-refractivity contribution in [2.24, 2.45) is 0 Å². The Balaban J connectivity index is 2.50. The lowest BCUT2D eigenvalue weighted by Crippen LogP contribution is -2.14. The van der Waals surface area contributed by atoms with E-state index in [9.17, 15) is 18.5 Å². The Bertz CT molecular complexity index is 715. The monoisotopic (exact) mass is 363 g/mol. The molecule has 1 N–H and O–H groups in total. The molecule has 0 atom stereocenters. The lowest BCUT2D eigenvalue weighted by Gasteiger charge is -2.06. The molecule has 1 aromatic carbocycles. The van der Waals surface area contributed by atoms with Crippen molar-refractivity contribution in [2.45, 2.75) is 4.90 Å². The summed E-state index contributed by atoms with van der Waals surface area (Å²) >= 11 is 4.17. The average Bonchev–Trinajstić information content (AvgIpc) is 2.80. The lowest BCUT2D eigenvalue weighted by molar-refractivity contribution is -0.387. The normalized spacial score (nSPS) is 11.2. The van der Waals surface area contributed by atoms with Gasteiger partial charge in [-0.2, -0.15) is 0 Å². The third-order valence-electron chi connectivity index (χ3n) is 2.06. The van der Waals surface area contributed by atoms with Gasteiger partial charge in [-0.05, 0) is 12.1 Å². The average molecular weight is 364 g/mol. The van der Waals surface area contributed by atoms with Gasteiger partial charge in [-0.25, -0.2) is 13.4 Å². The van der Waals surface area contributed by atoms with Gasteiger partial charge in [0, 0.05) is 22.1 Å². The summed E-state index contributed by atoms with van der Waals surface area (Å²) in [6.45, 7) is 0. The first-order valence-corrected chi connectivity index (χ1v) is 7.92. The molecule has 10 heteroatoms. The van der Waals surface area contributed by atoms with Gasteiger partial charge in [0.15, 0.2) is 10.0 Å². The summed E-state index contributed by atoms with van der Waals surface area (Å²) in [5.74, 6) is 0. The standard InChI is InChI=1S/C9H6BrN3O4S2/c10-6-1-2-7(13(14)15)8(5-6)19(16,17)12-9-11-3-4-18-9/h1-5H,(H,11,12). The largest absolute Gasteiger partial charge is 0.289 e. The van der Waals surface area contributed by atoms with E-state index >= 15 is 0 Å². The SMILES string of the molecule is O=[N+]([O-])c1ccc(Br)cc1S(=O)(=O)Nc1nccs1. The number of halogens is 1. The molecule has 1 aromatic heterocycles. The highest BCUT2D eigenvalue weighted by atomic mass is 79.9. The molecule has 0 saturated heterocycles. The van der Waals surface area contributed by atoms with Gasteiger partial charge in [0.25, 0.3) is 15.7 Å². The van der Waals surface area contributed by atoms with Crippen LogP contribution >= 0.6 is 27.3 Å². The summed E-state index contributed by atoms with van der Waals surface area (Å²) in [7, 11) is -4.06. The quantitative estimate of drug-likeness (QED) is 0.664. The Morgan fingerprint density at radius 1 is 1.42 bits per heavy atom. The first kappa shape index (κ1) is 13.9. The first-order chi connectivity index (χ1) is 8.90. The van der Waals surface area contributed by atoms with Crippen LogP contribution in [0.2, 0.25) is 0 Å². The van der Waals surface area contributed by atoms with E-state index in [4.69, 9.17) is 0 Å². The summed E-state index contributed by atoms with van der Waals surface area (Å²) in [5, 5.41) is 12.6. The van der Waals surface area contributed by atoms with Crippen LogP contribution in [0.3, 0.4) is 0 Å². The number of sulfonamides is 1. The Morgan fingerprint density at radius 2 is 2.16 bits per heavy atom. The van der Waals surface area contributed by atoms with Crippen LogP contribution in [0.1, 0.15) is 0 Å². The van der Waals surface area contributed by atoms with Gasteiger partial charge < -0.3 is 0 Å². The number of aromatic nitrogens is 1. The summed E-state index contributed by atoms with van der Waals surface area (Å²) < 4.78 is 26.8. The molecule has 1 heterocycles. The number of nitro benzene ring substituents is 1. The third kappa shape index (κ3) is 3.08. The minimum absolute atomic E-state index is 0.147. The second-order valence-corrected chi connectivity index (χ2v) is 6.77. The summed E-state index contributed by atoms with van der Waals surface area (Å²) in [6.07, 6.45) is 1.43. The van der Waals surface area contributed by atoms with Crippen molar-refractivity contribution in [2.75, 3.05) is 4.72 Å². The molecule has 0 bridgehead atoms. The number of hydrogen-bond acceptors (Lipinski definition) is 6. The van der Waals surface area contributed by atoms with Crippen LogP contribution in [0.4, 0.5) is 10.8 Å². The number of thiazole rings is 1. The molecule has 0 fully saturated rings. The molecule has 0 aliphatic carbocycles. The fourth-order valence-electron chi connectivity index (χ4n) is 1.30. The van der Waals surface area contributed by atoms with Gasteiger partial charge in [0.05, 0.1) is 4.92 Å². The van der Waals surface area contributed by atoms with E-state index < -0.39 is 25.5 Å². The van der Waals surface area contributed by atoms with Crippen LogP contribution in [-0.2, 0) is 10.0 Å². The van der Waals surface area contributed by atoms with E-state index in [-0.39, 0.29) is 5.13 Å². The molecule has 0 aliphatic rings. The van der Waals surface area contributed by atoms with Crippen molar-refractivity contribution in [3.05, 3.63) is 44.4 Å². The first-order valence-electron chi connectivity index (χ1n) is 4.76. The number of hydrogen-bond donors (Lipinski definition) is 1. The van der Waals surface area contributed by atoms with E-state index in [2.05, 4.69) is 25.6 Å². The number of nitrogens with zero attached hydrogens (tertiary/aromatic N) is 2. The Hall–Kier alpha value is -1.52. The molecular formula is C9H6BrN3O4S2. The lowest BCUT2D eigenvalue weighted by atomic mass is 10.3. The predicted molar refractivity (Wildman–Crippen MR) is 73.7 cm³/mol. The number of anilines is 1. The van der Waals surface area contributed by atoms with Crippen molar-refractivity contribution >= 4 is 48.1 Å². The smallest absolute Gasteiger partial charge is 0.258 e.